The molecule has 0 radical (unpaired) electrons. The summed E-state index contributed by atoms with van der Waals surface area (Å²) in [5.74, 6) is -1.06. The fourth-order valence-corrected chi connectivity index (χ4v) is 2.96. The Labute approximate surface area is 98.7 Å². The van der Waals surface area contributed by atoms with Crippen LogP contribution in [0, 0.1) is 10.1 Å². The zero-order valence-electron chi connectivity index (χ0n) is 9.21. The van der Waals surface area contributed by atoms with Gasteiger partial charge in [-0.15, -0.1) is 0 Å². The number of nitro groups is 1. The molecule has 0 saturated heterocycles. The maximum absolute atomic E-state index is 11.7. The van der Waals surface area contributed by atoms with Crippen molar-refractivity contribution in [3.63, 3.8) is 0 Å². The van der Waals surface area contributed by atoms with Gasteiger partial charge in [-0.2, -0.15) is 0 Å². The molecule has 0 aliphatic carbocycles. The summed E-state index contributed by atoms with van der Waals surface area (Å²) in [7, 11) is -3.83. The standard InChI is InChI=1S/C10H12N2O4S/c1-7-4-8-5-9(2-3-10(8)11-7)17(15,16)6-12(13)14/h2-3,5,7,11H,4,6H2,1H3. The van der Waals surface area contributed by atoms with Gasteiger partial charge in [-0.25, -0.2) is 8.42 Å². The smallest absolute Gasteiger partial charge is 0.305 e. The molecule has 1 N–H and O–H groups in total. The molecular weight excluding hydrogens is 244 g/mol. The number of sulfone groups is 1. The Bertz CT molecular complexity index is 568. The Morgan fingerprint density at radius 3 is 2.88 bits per heavy atom. The van der Waals surface area contributed by atoms with Crippen LogP contribution >= 0.6 is 0 Å². The summed E-state index contributed by atoms with van der Waals surface area (Å²) >= 11 is 0. The minimum Gasteiger partial charge on any atom is -0.382 e. The predicted molar refractivity (Wildman–Crippen MR) is 62.3 cm³/mol. The molecule has 0 bridgehead atoms. The molecule has 1 heterocycles. The highest BCUT2D eigenvalue weighted by atomic mass is 32.2. The van der Waals surface area contributed by atoms with E-state index in [4.69, 9.17) is 0 Å². The van der Waals surface area contributed by atoms with E-state index in [1.165, 1.54) is 12.1 Å². The van der Waals surface area contributed by atoms with Crippen LogP contribution in [0.15, 0.2) is 23.1 Å². The van der Waals surface area contributed by atoms with Crippen LogP contribution in [-0.2, 0) is 16.3 Å². The van der Waals surface area contributed by atoms with Gasteiger partial charge in [0.2, 0.25) is 9.84 Å². The first-order valence-corrected chi connectivity index (χ1v) is 6.78. The van der Waals surface area contributed by atoms with Gasteiger partial charge in [0.1, 0.15) is 0 Å². The van der Waals surface area contributed by atoms with Gasteiger partial charge >= 0.3 is 5.88 Å². The van der Waals surface area contributed by atoms with Crippen molar-refractivity contribution in [2.45, 2.75) is 24.3 Å². The third-order valence-corrected chi connectivity index (χ3v) is 4.16. The van der Waals surface area contributed by atoms with Crippen molar-refractivity contribution >= 4 is 15.5 Å². The highest BCUT2D eigenvalue weighted by Crippen LogP contribution is 2.28. The van der Waals surface area contributed by atoms with Crippen LogP contribution in [0.3, 0.4) is 0 Å². The molecule has 0 fully saturated rings. The maximum atomic E-state index is 11.7. The summed E-state index contributed by atoms with van der Waals surface area (Å²) in [6.45, 7) is 1.99. The summed E-state index contributed by atoms with van der Waals surface area (Å²) in [6, 6.07) is 4.84. The molecule has 6 nitrogen and oxygen atoms in total. The summed E-state index contributed by atoms with van der Waals surface area (Å²) in [6.07, 6.45) is 0.733. The second-order valence-corrected chi connectivity index (χ2v) is 6.10. The normalized spacial score (nSPS) is 18.5. The van der Waals surface area contributed by atoms with Crippen LogP contribution in [0.2, 0.25) is 0 Å². The van der Waals surface area contributed by atoms with Crippen LogP contribution in [0.1, 0.15) is 12.5 Å². The van der Waals surface area contributed by atoms with Crippen molar-refractivity contribution in [1.29, 1.82) is 0 Å². The lowest BCUT2D eigenvalue weighted by atomic mass is 10.1. The SMILES string of the molecule is CC1Cc2cc(S(=O)(=O)C[N+](=O)[O-])ccc2N1. The maximum Gasteiger partial charge on any atom is 0.305 e. The zero-order chi connectivity index (χ0) is 12.6. The Morgan fingerprint density at radius 1 is 1.53 bits per heavy atom. The van der Waals surface area contributed by atoms with Crippen LogP contribution in [-0.4, -0.2) is 25.3 Å². The third-order valence-electron chi connectivity index (χ3n) is 2.64. The average molecular weight is 256 g/mol. The number of fused-ring (bicyclic) bond motifs is 1. The number of hydrogen-bond donors (Lipinski definition) is 1. The molecule has 1 aliphatic rings. The molecule has 2 rings (SSSR count). The van der Waals surface area contributed by atoms with Crippen molar-refractivity contribution in [2.24, 2.45) is 0 Å². The first-order chi connectivity index (χ1) is 7.88. The lowest BCUT2D eigenvalue weighted by Crippen LogP contribution is -2.14. The molecule has 0 amide bonds. The number of nitrogens with one attached hydrogen (secondary N) is 1. The quantitative estimate of drug-likeness (QED) is 0.645. The van der Waals surface area contributed by atoms with Crippen LogP contribution in [0.4, 0.5) is 5.69 Å². The molecule has 1 unspecified atom stereocenters. The number of nitrogens with zero attached hydrogens (tertiary/aromatic N) is 1. The number of benzene rings is 1. The van der Waals surface area contributed by atoms with Gasteiger partial charge < -0.3 is 5.32 Å². The van der Waals surface area contributed by atoms with Crippen molar-refractivity contribution < 1.29 is 13.3 Å². The van der Waals surface area contributed by atoms with Gasteiger partial charge in [0.25, 0.3) is 0 Å². The van der Waals surface area contributed by atoms with E-state index in [1.54, 1.807) is 6.07 Å². The summed E-state index contributed by atoms with van der Waals surface area (Å²) < 4.78 is 23.3. The molecule has 1 aliphatic heterocycles. The van der Waals surface area contributed by atoms with Gasteiger partial charge in [-0.1, -0.05) is 0 Å². The molecular formula is C10H12N2O4S. The molecule has 1 aromatic carbocycles. The average Bonchev–Trinajstić information content (AvgIpc) is 2.54. The zero-order valence-corrected chi connectivity index (χ0v) is 10.0. The third kappa shape index (κ3) is 2.38. The van der Waals surface area contributed by atoms with Crippen molar-refractivity contribution in [3.05, 3.63) is 33.9 Å². The lowest BCUT2D eigenvalue weighted by molar-refractivity contribution is -0.458. The Kier molecular flexibility index (Phi) is 2.78. The fraction of sp³-hybridized carbons (Fsp3) is 0.400. The van der Waals surface area contributed by atoms with Gasteiger partial charge in [0.15, 0.2) is 0 Å². The second-order valence-electron chi connectivity index (χ2n) is 4.15. The number of anilines is 1. The Balaban J connectivity index is 2.36. The van der Waals surface area contributed by atoms with Gasteiger partial charge in [-0.05, 0) is 37.1 Å². The minimum atomic E-state index is -3.83. The van der Waals surface area contributed by atoms with Crippen molar-refractivity contribution in [3.8, 4) is 0 Å². The highest BCUT2D eigenvalue weighted by Gasteiger charge is 2.24. The lowest BCUT2D eigenvalue weighted by Gasteiger charge is -2.03. The van der Waals surface area contributed by atoms with E-state index in [0.29, 0.717) is 0 Å². The molecule has 17 heavy (non-hydrogen) atoms. The molecule has 0 spiro atoms. The molecule has 92 valence electrons. The first-order valence-electron chi connectivity index (χ1n) is 5.12. The van der Waals surface area contributed by atoms with E-state index in [1.807, 2.05) is 6.92 Å². The van der Waals surface area contributed by atoms with Crippen LogP contribution in [0.5, 0.6) is 0 Å². The number of rotatable bonds is 3. The first kappa shape index (κ1) is 11.8. The van der Waals surface area contributed by atoms with Gasteiger partial charge in [-0.3, -0.25) is 10.1 Å². The molecule has 0 saturated carbocycles. The van der Waals surface area contributed by atoms with Crippen molar-refractivity contribution in [1.82, 2.24) is 0 Å². The summed E-state index contributed by atoms with van der Waals surface area (Å²) in [5.41, 5.74) is 1.79. The predicted octanol–water partition coefficient (Wildman–Crippen LogP) is 1.05. The summed E-state index contributed by atoms with van der Waals surface area (Å²) in [4.78, 5) is 9.48. The van der Waals surface area contributed by atoms with E-state index in [-0.39, 0.29) is 10.9 Å². The second kappa shape index (κ2) is 3.99. The molecule has 1 aromatic rings. The molecule has 1 atom stereocenters. The minimum absolute atomic E-state index is 0.0175. The van der Waals surface area contributed by atoms with Crippen LogP contribution in [0.25, 0.3) is 0 Å². The summed E-state index contributed by atoms with van der Waals surface area (Å²) in [5, 5.41) is 13.5. The monoisotopic (exact) mass is 256 g/mol. The molecule has 0 aromatic heterocycles. The fourth-order valence-electron chi connectivity index (χ4n) is 1.93. The van der Waals surface area contributed by atoms with Gasteiger partial charge in [0.05, 0.1) is 4.90 Å². The van der Waals surface area contributed by atoms with Crippen LogP contribution < -0.4 is 5.32 Å². The Hall–Kier alpha value is -1.63. The topological polar surface area (TPSA) is 89.3 Å². The number of hydrogen-bond acceptors (Lipinski definition) is 5. The molecule has 7 heteroatoms. The highest BCUT2D eigenvalue weighted by molar-refractivity contribution is 7.91. The van der Waals surface area contributed by atoms with E-state index >= 15 is 0 Å². The van der Waals surface area contributed by atoms with Gasteiger partial charge in [0, 0.05) is 16.7 Å². The van der Waals surface area contributed by atoms with E-state index in [0.717, 1.165) is 17.7 Å². The van der Waals surface area contributed by atoms with E-state index in [9.17, 15) is 18.5 Å². The Morgan fingerprint density at radius 2 is 2.24 bits per heavy atom. The van der Waals surface area contributed by atoms with Crippen molar-refractivity contribution in [2.75, 3.05) is 11.2 Å². The largest absolute Gasteiger partial charge is 0.382 e. The van der Waals surface area contributed by atoms with E-state index < -0.39 is 20.6 Å². The van der Waals surface area contributed by atoms with E-state index in [2.05, 4.69) is 5.32 Å².